The maximum atomic E-state index is 10.9. The Labute approximate surface area is 67.7 Å². The second kappa shape index (κ2) is 2.05. The largest absolute Gasteiger partial charge is 0.392 e. The van der Waals surface area contributed by atoms with E-state index >= 15 is 0 Å². The molecular formula is C7H9BrO2. The number of alkyl halides is 1. The summed E-state index contributed by atoms with van der Waals surface area (Å²) in [4.78, 5) is 11.0. The van der Waals surface area contributed by atoms with Crippen LogP contribution in [0.15, 0.2) is 0 Å². The van der Waals surface area contributed by atoms with Crippen LogP contribution in [0, 0.1) is 11.8 Å². The fraction of sp³-hybridized carbons (Fsp3) is 0.857. The molecule has 4 atom stereocenters. The van der Waals surface area contributed by atoms with Crippen molar-refractivity contribution in [1.29, 1.82) is 0 Å². The number of carbonyl (C=O) groups excluding carboxylic acids is 1. The molecule has 0 radical (unpaired) electrons. The number of aliphatic hydroxyl groups is 1. The summed E-state index contributed by atoms with van der Waals surface area (Å²) in [5.74, 6) is 0.935. The monoisotopic (exact) mass is 204 g/mol. The molecular weight excluding hydrogens is 196 g/mol. The Balaban J connectivity index is 2.15. The maximum Gasteiger partial charge on any atom is 0.137 e. The molecule has 2 nitrogen and oxygen atoms in total. The Bertz CT molecular complexity index is 180. The number of rotatable bonds is 0. The zero-order chi connectivity index (χ0) is 7.30. The van der Waals surface area contributed by atoms with Crippen molar-refractivity contribution < 1.29 is 9.90 Å². The molecule has 0 saturated heterocycles. The van der Waals surface area contributed by atoms with Gasteiger partial charge in [0, 0.05) is 12.3 Å². The smallest absolute Gasteiger partial charge is 0.137 e. The minimum absolute atomic E-state index is 0.0405. The highest BCUT2D eigenvalue weighted by molar-refractivity contribution is 9.09. The van der Waals surface area contributed by atoms with Gasteiger partial charge in [-0.25, -0.2) is 0 Å². The van der Waals surface area contributed by atoms with E-state index in [9.17, 15) is 9.90 Å². The van der Waals surface area contributed by atoms with Gasteiger partial charge in [-0.1, -0.05) is 15.9 Å². The van der Waals surface area contributed by atoms with Gasteiger partial charge in [-0.2, -0.15) is 0 Å². The fourth-order valence-electron chi connectivity index (χ4n) is 1.97. The zero-order valence-electron chi connectivity index (χ0n) is 5.46. The van der Waals surface area contributed by atoms with Gasteiger partial charge in [-0.05, 0) is 12.3 Å². The molecule has 56 valence electrons. The second-order valence-corrected chi connectivity index (χ2v) is 4.26. The molecule has 10 heavy (non-hydrogen) atoms. The fourth-order valence-corrected chi connectivity index (χ4v) is 2.91. The first-order valence-corrected chi connectivity index (χ1v) is 4.46. The standard InChI is InChI=1S/C7H9BrO2/c8-7-5(10)2-3-1-4(9)6(3)7/h3,5-7,10H,1-2H2/t3-,5+,6+,7-/m0/s1. The van der Waals surface area contributed by atoms with Gasteiger partial charge >= 0.3 is 0 Å². The first-order chi connectivity index (χ1) is 4.70. The van der Waals surface area contributed by atoms with E-state index in [1.807, 2.05) is 0 Å². The van der Waals surface area contributed by atoms with Crippen LogP contribution in [0.1, 0.15) is 12.8 Å². The highest BCUT2D eigenvalue weighted by atomic mass is 79.9. The molecule has 2 saturated carbocycles. The van der Waals surface area contributed by atoms with Gasteiger partial charge in [-0.3, -0.25) is 4.79 Å². The summed E-state index contributed by atoms with van der Waals surface area (Å²) in [6.07, 6.45) is 1.22. The Kier molecular flexibility index (Phi) is 1.39. The van der Waals surface area contributed by atoms with Crippen LogP contribution in [0.5, 0.6) is 0 Å². The van der Waals surface area contributed by atoms with Crippen LogP contribution in [0.25, 0.3) is 0 Å². The van der Waals surface area contributed by atoms with Crippen molar-refractivity contribution in [3.8, 4) is 0 Å². The molecule has 0 amide bonds. The highest BCUT2D eigenvalue weighted by Crippen LogP contribution is 2.47. The normalized spacial score (nSPS) is 52.4. The third-order valence-corrected chi connectivity index (χ3v) is 3.78. The van der Waals surface area contributed by atoms with Gasteiger partial charge in [0.05, 0.1) is 10.9 Å². The minimum Gasteiger partial charge on any atom is -0.392 e. The topological polar surface area (TPSA) is 37.3 Å². The molecule has 2 aliphatic rings. The van der Waals surface area contributed by atoms with E-state index < -0.39 is 0 Å². The van der Waals surface area contributed by atoms with Crippen molar-refractivity contribution in [2.24, 2.45) is 11.8 Å². The van der Waals surface area contributed by atoms with Crippen LogP contribution in [-0.2, 0) is 4.79 Å². The summed E-state index contributed by atoms with van der Waals surface area (Å²) in [6.45, 7) is 0. The van der Waals surface area contributed by atoms with E-state index in [0.29, 0.717) is 18.1 Å². The Morgan fingerprint density at radius 1 is 1.60 bits per heavy atom. The number of fused-ring (bicyclic) bond motifs is 1. The van der Waals surface area contributed by atoms with Gasteiger partial charge in [0.1, 0.15) is 5.78 Å². The third kappa shape index (κ3) is 0.705. The van der Waals surface area contributed by atoms with Crippen molar-refractivity contribution in [2.45, 2.75) is 23.8 Å². The van der Waals surface area contributed by atoms with Crippen molar-refractivity contribution >= 4 is 21.7 Å². The number of ketones is 1. The number of aliphatic hydroxyl groups excluding tert-OH is 1. The molecule has 0 aromatic carbocycles. The average Bonchev–Trinajstić information content (AvgIpc) is 2.05. The van der Waals surface area contributed by atoms with Gasteiger partial charge in [0.15, 0.2) is 0 Å². The van der Waals surface area contributed by atoms with Crippen LogP contribution in [0.4, 0.5) is 0 Å². The Morgan fingerprint density at radius 2 is 2.30 bits per heavy atom. The number of hydrogen-bond donors (Lipinski definition) is 1. The second-order valence-electron chi connectivity index (χ2n) is 3.20. The van der Waals surface area contributed by atoms with Crippen LogP contribution in [0.2, 0.25) is 0 Å². The lowest BCUT2D eigenvalue weighted by molar-refractivity contribution is -0.132. The minimum atomic E-state index is -0.290. The molecule has 0 heterocycles. The van der Waals surface area contributed by atoms with Crippen molar-refractivity contribution in [3.63, 3.8) is 0 Å². The van der Waals surface area contributed by atoms with E-state index in [-0.39, 0.29) is 16.8 Å². The summed E-state index contributed by atoms with van der Waals surface area (Å²) in [6, 6.07) is 0. The Morgan fingerprint density at radius 3 is 2.70 bits per heavy atom. The van der Waals surface area contributed by atoms with Gasteiger partial charge in [-0.15, -0.1) is 0 Å². The summed E-state index contributed by atoms with van der Waals surface area (Å²) in [5, 5.41) is 9.30. The molecule has 2 fully saturated rings. The molecule has 0 aliphatic heterocycles. The average molecular weight is 205 g/mol. The SMILES string of the molecule is O=C1C[C@H]2C[C@@H](O)[C@H](Br)[C@@H]12. The molecule has 2 aliphatic carbocycles. The Hall–Kier alpha value is 0.110. The van der Waals surface area contributed by atoms with Gasteiger partial charge < -0.3 is 5.11 Å². The lowest BCUT2D eigenvalue weighted by Gasteiger charge is -2.29. The maximum absolute atomic E-state index is 10.9. The van der Waals surface area contributed by atoms with Crippen LogP contribution < -0.4 is 0 Å². The molecule has 0 bridgehead atoms. The van der Waals surface area contributed by atoms with E-state index in [0.717, 1.165) is 6.42 Å². The van der Waals surface area contributed by atoms with Gasteiger partial charge in [0.2, 0.25) is 0 Å². The molecule has 0 unspecified atom stereocenters. The van der Waals surface area contributed by atoms with Crippen LogP contribution in [0.3, 0.4) is 0 Å². The van der Waals surface area contributed by atoms with Gasteiger partial charge in [0.25, 0.3) is 0 Å². The molecule has 0 aromatic rings. The third-order valence-electron chi connectivity index (χ3n) is 2.60. The number of hydrogen-bond acceptors (Lipinski definition) is 2. The first-order valence-electron chi connectivity index (χ1n) is 3.55. The lowest BCUT2D eigenvalue weighted by Crippen LogP contribution is -2.37. The quantitative estimate of drug-likeness (QED) is 0.591. The number of halogens is 1. The van der Waals surface area contributed by atoms with Crippen LogP contribution in [-0.4, -0.2) is 21.8 Å². The lowest BCUT2D eigenvalue weighted by atomic mass is 9.75. The summed E-state index contributed by atoms with van der Waals surface area (Å²) >= 11 is 3.33. The predicted octanol–water partition coefficient (Wildman–Crippen LogP) is 0.720. The highest BCUT2D eigenvalue weighted by Gasteiger charge is 2.52. The summed E-state index contributed by atoms with van der Waals surface area (Å²) < 4.78 is 0. The number of carbonyl (C=O) groups is 1. The molecule has 3 heteroatoms. The summed E-state index contributed by atoms with van der Waals surface area (Å²) in [5.41, 5.74) is 0. The summed E-state index contributed by atoms with van der Waals surface area (Å²) in [7, 11) is 0. The van der Waals surface area contributed by atoms with E-state index in [1.165, 1.54) is 0 Å². The van der Waals surface area contributed by atoms with E-state index in [1.54, 1.807) is 0 Å². The molecule has 0 aromatic heterocycles. The van der Waals surface area contributed by atoms with Crippen molar-refractivity contribution in [3.05, 3.63) is 0 Å². The van der Waals surface area contributed by atoms with E-state index in [2.05, 4.69) is 15.9 Å². The molecule has 1 N–H and O–H groups in total. The number of Topliss-reactive ketones (excluding diaryl/α,β-unsaturated/α-hetero) is 1. The zero-order valence-corrected chi connectivity index (χ0v) is 7.04. The van der Waals surface area contributed by atoms with E-state index in [4.69, 9.17) is 0 Å². The van der Waals surface area contributed by atoms with Crippen LogP contribution >= 0.6 is 15.9 Å². The van der Waals surface area contributed by atoms with Crippen molar-refractivity contribution in [1.82, 2.24) is 0 Å². The predicted molar refractivity (Wildman–Crippen MR) is 39.9 cm³/mol. The molecule has 0 spiro atoms. The van der Waals surface area contributed by atoms with Crippen molar-refractivity contribution in [2.75, 3.05) is 0 Å². The first kappa shape index (κ1) is 6.80. The molecule has 2 rings (SSSR count).